The van der Waals surface area contributed by atoms with Crippen LogP contribution in [0.5, 0.6) is 0 Å². The Labute approximate surface area is 94.2 Å². The number of nitrogens with one attached hydrogen (secondary N) is 4. The first-order chi connectivity index (χ1) is 7.13. The molecule has 4 amide bonds. The molecule has 4 N–H and O–H groups in total. The van der Waals surface area contributed by atoms with Crippen molar-refractivity contribution in [2.75, 3.05) is 13.1 Å². The number of carbonyl (C=O) groups is 2. The molecule has 6 nitrogen and oxygen atoms in total. The first-order valence-corrected chi connectivity index (χ1v) is 5.15. The van der Waals surface area contributed by atoms with Crippen molar-refractivity contribution >= 4 is 29.6 Å². The molecule has 0 aromatic carbocycles. The third-order valence-electron chi connectivity index (χ3n) is 1.38. The molecule has 0 aromatic rings. The molecule has 0 radical (unpaired) electrons. The predicted octanol–water partition coefficient (Wildman–Crippen LogP) is -0.0496. The summed E-state index contributed by atoms with van der Waals surface area (Å²) < 4.78 is 0. The van der Waals surface area contributed by atoms with Crippen LogP contribution in [0.3, 0.4) is 0 Å². The van der Waals surface area contributed by atoms with Gasteiger partial charge in [-0.1, -0.05) is 12.2 Å². The van der Waals surface area contributed by atoms with E-state index in [1.54, 1.807) is 13.8 Å². The van der Waals surface area contributed by atoms with Gasteiger partial charge < -0.3 is 21.3 Å². The fraction of sp³-hybridized carbons (Fsp3) is 0.625. The van der Waals surface area contributed by atoms with Crippen LogP contribution in [0.15, 0.2) is 0 Å². The van der Waals surface area contributed by atoms with E-state index < -0.39 is 6.17 Å². The van der Waals surface area contributed by atoms with E-state index >= 15 is 0 Å². The Bertz CT molecular complexity index is 215. The summed E-state index contributed by atoms with van der Waals surface area (Å²) >= 11 is 4.67. The third kappa shape index (κ3) is 6.67. The van der Waals surface area contributed by atoms with Crippen molar-refractivity contribution in [1.29, 1.82) is 0 Å². The molecule has 0 rings (SSSR count). The maximum absolute atomic E-state index is 11.1. The number of hydrogen-bond donors (Lipinski definition) is 4. The molecule has 0 heterocycles. The van der Waals surface area contributed by atoms with Crippen LogP contribution < -0.4 is 21.3 Å². The van der Waals surface area contributed by atoms with Gasteiger partial charge in [-0.2, -0.15) is 0 Å². The minimum Gasteiger partial charge on any atom is -0.338 e. The maximum atomic E-state index is 11.1. The van der Waals surface area contributed by atoms with Gasteiger partial charge in [0.2, 0.25) is 0 Å². The Morgan fingerprint density at radius 3 is 1.80 bits per heavy atom. The van der Waals surface area contributed by atoms with Crippen LogP contribution in [0.1, 0.15) is 13.8 Å². The lowest BCUT2D eigenvalue weighted by Gasteiger charge is -2.16. The van der Waals surface area contributed by atoms with Crippen molar-refractivity contribution in [3.63, 3.8) is 0 Å². The van der Waals surface area contributed by atoms with Crippen molar-refractivity contribution in [3.05, 3.63) is 0 Å². The van der Waals surface area contributed by atoms with Gasteiger partial charge in [-0.25, -0.2) is 9.59 Å². The molecule has 0 saturated carbocycles. The highest BCUT2D eigenvalue weighted by Gasteiger charge is 2.10. The fourth-order valence-electron chi connectivity index (χ4n) is 0.810. The Morgan fingerprint density at radius 2 is 1.53 bits per heavy atom. The molecule has 0 aromatic heterocycles. The lowest BCUT2D eigenvalue weighted by molar-refractivity contribution is 0.232. The molecule has 0 atom stereocenters. The lowest BCUT2D eigenvalue weighted by atomic mass is 10.5. The first kappa shape index (κ1) is 13.6. The number of urea groups is 2. The Balaban J connectivity index is 3.97. The van der Waals surface area contributed by atoms with Crippen LogP contribution in [0, 0.1) is 0 Å². The number of thiocarbonyl (C=S) groups is 1. The van der Waals surface area contributed by atoms with Gasteiger partial charge in [0.25, 0.3) is 0 Å². The zero-order chi connectivity index (χ0) is 11.7. The minimum absolute atomic E-state index is 0.375. The van der Waals surface area contributed by atoms with Gasteiger partial charge in [0, 0.05) is 18.5 Å². The Hall–Kier alpha value is -1.37. The van der Waals surface area contributed by atoms with E-state index in [4.69, 9.17) is 0 Å². The van der Waals surface area contributed by atoms with Crippen molar-refractivity contribution < 1.29 is 9.59 Å². The van der Waals surface area contributed by atoms with Gasteiger partial charge in [0.1, 0.15) is 6.17 Å². The minimum atomic E-state index is -0.655. The van der Waals surface area contributed by atoms with E-state index in [0.717, 1.165) is 0 Å². The summed E-state index contributed by atoms with van der Waals surface area (Å²) in [6, 6.07) is -0.749. The number of rotatable bonds is 5. The fourth-order valence-corrected chi connectivity index (χ4v) is 0.946. The highest BCUT2D eigenvalue weighted by molar-refractivity contribution is 7.79. The van der Waals surface area contributed by atoms with Crippen molar-refractivity contribution in [2.45, 2.75) is 20.0 Å². The Morgan fingerprint density at radius 1 is 1.13 bits per heavy atom. The summed E-state index contributed by atoms with van der Waals surface area (Å²) in [5, 5.41) is 11.3. The molecular weight excluding hydrogens is 216 g/mol. The second-order valence-corrected chi connectivity index (χ2v) is 2.89. The highest BCUT2D eigenvalue weighted by Crippen LogP contribution is 1.76. The van der Waals surface area contributed by atoms with Crippen molar-refractivity contribution in [3.8, 4) is 0 Å². The van der Waals surface area contributed by atoms with E-state index in [1.165, 1.54) is 5.37 Å². The number of hydrogen-bond acceptors (Lipinski definition) is 3. The first-order valence-electron chi connectivity index (χ1n) is 4.68. The third-order valence-corrected chi connectivity index (χ3v) is 1.66. The molecule has 0 bridgehead atoms. The van der Waals surface area contributed by atoms with Gasteiger partial charge in [-0.05, 0) is 13.8 Å². The van der Waals surface area contributed by atoms with Crippen LogP contribution in [0.2, 0.25) is 0 Å². The van der Waals surface area contributed by atoms with Gasteiger partial charge in [0.05, 0.1) is 0 Å². The average molecular weight is 232 g/mol. The predicted molar refractivity (Wildman–Crippen MR) is 61.9 cm³/mol. The Kier molecular flexibility index (Phi) is 7.25. The van der Waals surface area contributed by atoms with E-state index in [1.807, 2.05) is 0 Å². The molecule has 0 saturated heterocycles. The topological polar surface area (TPSA) is 82.3 Å². The zero-order valence-electron chi connectivity index (χ0n) is 8.79. The van der Waals surface area contributed by atoms with Crippen molar-refractivity contribution in [1.82, 2.24) is 21.3 Å². The van der Waals surface area contributed by atoms with Gasteiger partial charge in [-0.3, -0.25) is 0 Å². The van der Waals surface area contributed by atoms with E-state index in [-0.39, 0.29) is 12.1 Å². The quantitative estimate of drug-likeness (QED) is 0.396. The summed E-state index contributed by atoms with van der Waals surface area (Å²) in [6.07, 6.45) is -0.655. The van der Waals surface area contributed by atoms with Crippen LogP contribution in [-0.2, 0) is 0 Å². The van der Waals surface area contributed by atoms with E-state index in [2.05, 4.69) is 33.5 Å². The van der Waals surface area contributed by atoms with E-state index in [9.17, 15) is 9.59 Å². The van der Waals surface area contributed by atoms with Crippen LogP contribution in [0.25, 0.3) is 0 Å². The number of carbonyl (C=O) groups excluding carboxylic acids is 2. The van der Waals surface area contributed by atoms with Gasteiger partial charge >= 0.3 is 12.1 Å². The van der Waals surface area contributed by atoms with Crippen LogP contribution in [-0.4, -0.2) is 36.7 Å². The summed E-state index contributed by atoms with van der Waals surface area (Å²) in [6.45, 7) is 4.61. The SMILES string of the molecule is CCNC(=O)NC(C=S)NC(=O)NCC. The van der Waals surface area contributed by atoms with Gasteiger partial charge in [-0.15, -0.1) is 0 Å². The number of amides is 4. The molecule has 15 heavy (non-hydrogen) atoms. The average Bonchev–Trinajstić information content (AvgIpc) is 2.17. The standard InChI is InChI=1S/C8H16N4O2S/c1-3-9-7(13)11-6(5-15)12-8(14)10-4-2/h5-6H,3-4H2,1-2H3,(H2,9,11,13)(H2,10,12,14). The summed E-state index contributed by atoms with van der Waals surface area (Å²) in [5.41, 5.74) is 0. The molecule has 0 aliphatic carbocycles. The summed E-state index contributed by atoms with van der Waals surface area (Å²) in [5.74, 6) is 0. The molecule has 0 aliphatic rings. The highest BCUT2D eigenvalue weighted by atomic mass is 32.1. The monoisotopic (exact) mass is 232 g/mol. The van der Waals surface area contributed by atoms with Crippen molar-refractivity contribution in [2.24, 2.45) is 0 Å². The second kappa shape index (κ2) is 7.98. The van der Waals surface area contributed by atoms with Crippen LogP contribution >= 0.6 is 12.2 Å². The summed E-state index contributed by atoms with van der Waals surface area (Å²) in [4.78, 5) is 22.2. The molecule has 0 aliphatic heterocycles. The zero-order valence-corrected chi connectivity index (χ0v) is 9.61. The van der Waals surface area contributed by atoms with Gasteiger partial charge in [0.15, 0.2) is 0 Å². The normalized spacial score (nSPS) is 9.27. The maximum Gasteiger partial charge on any atom is 0.316 e. The molecule has 0 fully saturated rings. The molecule has 86 valence electrons. The lowest BCUT2D eigenvalue weighted by Crippen LogP contribution is -2.54. The second-order valence-electron chi connectivity index (χ2n) is 2.62. The molecular formula is C8H16N4O2S. The van der Waals surface area contributed by atoms with Crippen LogP contribution in [0.4, 0.5) is 9.59 Å². The molecule has 7 heteroatoms. The largest absolute Gasteiger partial charge is 0.338 e. The smallest absolute Gasteiger partial charge is 0.316 e. The van der Waals surface area contributed by atoms with E-state index in [0.29, 0.717) is 13.1 Å². The molecule has 0 spiro atoms. The molecule has 0 unspecified atom stereocenters. The summed E-state index contributed by atoms with van der Waals surface area (Å²) in [7, 11) is 0.